The fraction of sp³-hybridized carbons (Fsp3) is 0.385. The van der Waals surface area contributed by atoms with E-state index in [0.717, 1.165) is 0 Å². The van der Waals surface area contributed by atoms with Crippen LogP contribution in [0.4, 0.5) is 0 Å². The van der Waals surface area contributed by atoms with Gasteiger partial charge < -0.3 is 10.2 Å². The van der Waals surface area contributed by atoms with Gasteiger partial charge in [0, 0.05) is 39.7 Å². The van der Waals surface area contributed by atoms with Crippen molar-refractivity contribution in [1.82, 2.24) is 14.9 Å². The maximum Gasteiger partial charge on any atom is 0.253 e. The first-order valence-electron chi connectivity index (χ1n) is 6.30. The number of hydrogen-bond donors (Lipinski definition) is 2. The molecule has 1 aromatic carbocycles. The van der Waals surface area contributed by atoms with Crippen LogP contribution in [0.1, 0.15) is 17.3 Å². The number of amides is 2. The van der Waals surface area contributed by atoms with Crippen LogP contribution in [-0.2, 0) is 14.8 Å². The van der Waals surface area contributed by atoms with Crippen LogP contribution in [0.15, 0.2) is 29.2 Å². The molecule has 0 unspecified atom stereocenters. The molecule has 0 fully saturated rings. The van der Waals surface area contributed by atoms with Crippen molar-refractivity contribution in [3.8, 4) is 0 Å². The summed E-state index contributed by atoms with van der Waals surface area (Å²) in [4.78, 5) is 23.9. The molecule has 21 heavy (non-hydrogen) atoms. The molecule has 0 saturated heterocycles. The zero-order chi connectivity index (χ0) is 16.0. The number of carbonyl (C=O) groups is 2. The van der Waals surface area contributed by atoms with Gasteiger partial charge in [0.1, 0.15) is 0 Å². The van der Waals surface area contributed by atoms with Gasteiger partial charge in [0.2, 0.25) is 15.9 Å². The molecule has 116 valence electrons. The first kappa shape index (κ1) is 17.1. The molecule has 0 radical (unpaired) electrons. The van der Waals surface area contributed by atoms with Crippen molar-refractivity contribution < 1.29 is 18.0 Å². The molecule has 0 saturated carbocycles. The van der Waals surface area contributed by atoms with Crippen molar-refractivity contribution >= 4 is 21.8 Å². The molecule has 7 nitrogen and oxygen atoms in total. The van der Waals surface area contributed by atoms with Crippen LogP contribution < -0.4 is 10.0 Å². The first-order valence-corrected chi connectivity index (χ1v) is 7.78. The van der Waals surface area contributed by atoms with Gasteiger partial charge >= 0.3 is 0 Å². The van der Waals surface area contributed by atoms with Crippen LogP contribution in [0.2, 0.25) is 0 Å². The second kappa shape index (κ2) is 7.19. The Bertz CT molecular complexity index is 609. The van der Waals surface area contributed by atoms with Gasteiger partial charge in [-0.05, 0) is 24.3 Å². The molecular weight excluding hydrogens is 294 g/mol. The van der Waals surface area contributed by atoms with Gasteiger partial charge in [0.15, 0.2) is 0 Å². The Kier molecular flexibility index (Phi) is 5.86. The molecule has 8 heteroatoms. The number of rotatable bonds is 6. The average molecular weight is 313 g/mol. The molecule has 1 rings (SSSR count). The van der Waals surface area contributed by atoms with Gasteiger partial charge in [-0.1, -0.05) is 0 Å². The number of hydrogen-bond acceptors (Lipinski definition) is 4. The summed E-state index contributed by atoms with van der Waals surface area (Å²) in [5, 5.41) is 2.49. The smallest absolute Gasteiger partial charge is 0.253 e. The van der Waals surface area contributed by atoms with Crippen LogP contribution in [0.25, 0.3) is 0 Å². The van der Waals surface area contributed by atoms with Gasteiger partial charge in [0.05, 0.1) is 4.90 Å². The zero-order valence-corrected chi connectivity index (χ0v) is 13.0. The summed E-state index contributed by atoms with van der Waals surface area (Å²) in [6, 6.07) is 5.67. The summed E-state index contributed by atoms with van der Waals surface area (Å²) >= 11 is 0. The molecule has 0 aromatic heterocycles. The second-order valence-electron chi connectivity index (χ2n) is 4.60. The highest BCUT2D eigenvalue weighted by Crippen LogP contribution is 2.11. The van der Waals surface area contributed by atoms with Crippen LogP contribution in [0.5, 0.6) is 0 Å². The standard InChI is InChI=1S/C13H19N3O4S/c1-10(17)14-8-9-15-21(19,20)12-6-4-11(5-7-12)13(18)16(2)3/h4-7,15H,8-9H2,1-3H3,(H,14,17). The Labute approximate surface area is 124 Å². The van der Waals surface area contributed by atoms with E-state index in [-0.39, 0.29) is 29.8 Å². The summed E-state index contributed by atoms with van der Waals surface area (Å²) in [7, 11) is -0.404. The Hall–Kier alpha value is -1.93. The monoisotopic (exact) mass is 313 g/mol. The minimum Gasteiger partial charge on any atom is -0.355 e. The van der Waals surface area contributed by atoms with E-state index in [1.54, 1.807) is 14.1 Å². The predicted molar refractivity (Wildman–Crippen MR) is 78.3 cm³/mol. The molecular formula is C13H19N3O4S. The van der Waals surface area contributed by atoms with Gasteiger partial charge in [-0.2, -0.15) is 0 Å². The van der Waals surface area contributed by atoms with Gasteiger partial charge in [-0.3, -0.25) is 9.59 Å². The van der Waals surface area contributed by atoms with Crippen LogP contribution >= 0.6 is 0 Å². The van der Waals surface area contributed by atoms with Gasteiger partial charge in [0.25, 0.3) is 5.91 Å². The van der Waals surface area contributed by atoms with E-state index in [1.807, 2.05) is 0 Å². The lowest BCUT2D eigenvalue weighted by Crippen LogP contribution is -2.33. The molecule has 2 amide bonds. The third-order valence-corrected chi connectivity index (χ3v) is 4.09. The third-order valence-electron chi connectivity index (χ3n) is 2.61. The quantitative estimate of drug-likeness (QED) is 0.711. The fourth-order valence-electron chi connectivity index (χ4n) is 1.54. The minimum absolute atomic E-state index is 0.0700. The minimum atomic E-state index is -3.65. The highest BCUT2D eigenvalue weighted by molar-refractivity contribution is 7.89. The van der Waals surface area contributed by atoms with Gasteiger partial charge in [-0.15, -0.1) is 0 Å². The molecule has 0 aliphatic carbocycles. The Morgan fingerprint density at radius 3 is 2.14 bits per heavy atom. The Morgan fingerprint density at radius 2 is 1.67 bits per heavy atom. The van der Waals surface area contributed by atoms with Crippen molar-refractivity contribution in [2.75, 3.05) is 27.2 Å². The molecule has 1 aromatic rings. The third kappa shape index (κ3) is 5.16. The lowest BCUT2D eigenvalue weighted by Gasteiger charge is -2.11. The van der Waals surface area contributed by atoms with Crippen molar-refractivity contribution in [2.45, 2.75) is 11.8 Å². The van der Waals surface area contributed by atoms with E-state index >= 15 is 0 Å². The number of nitrogens with one attached hydrogen (secondary N) is 2. The van der Waals surface area contributed by atoms with Gasteiger partial charge in [-0.25, -0.2) is 13.1 Å². The number of benzene rings is 1. The van der Waals surface area contributed by atoms with Crippen molar-refractivity contribution in [3.63, 3.8) is 0 Å². The fourth-order valence-corrected chi connectivity index (χ4v) is 2.57. The average Bonchev–Trinajstić information content (AvgIpc) is 2.42. The Balaban J connectivity index is 2.71. The summed E-state index contributed by atoms with van der Waals surface area (Å²) in [6.07, 6.45) is 0. The van der Waals surface area contributed by atoms with E-state index < -0.39 is 10.0 Å². The number of nitrogens with zero attached hydrogens (tertiary/aromatic N) is 1. The normalized spacial score (nSPS) is 11.0. The van der Waals surface area contributed by atoms with E-state index in [2.05, 4.69) is 10.0 Å². The summed E-state index contributed by atoms with van der Waals surface area (Å²) in [5.41, 5.74) is 0.414. The molecule has 0 aliphatic rings. The van der Waals surface area contributed by atoms with E-state index in [1.165, 1.54) is 36.1 Å². The SMILES string of the molecule is CC(=O)NCCNS(=O)(=O)c1ccc(C(=O)N(C)C)cc1. The first-order chi connectivity index (χ1) is 9.74. The van der Waals surface area contributed by atoms with Crippen LogP contribution in [-0.4, -0.2) is 52.3 Å². The summed E-state index contributed by atoms with van der Waals surface area (Å²) in [6.45, 7) is 1.67. The van der Waals surface area contributed by atoms with Crippen molar-refractivity contribution in [1.29, 1.82) is 0 Å². The molecule has 0 atom stereocenters. The van der Waals surface area contributed by atoms with E-state index in [0.29, 0.717) is 5.56 Å². The number of sulfonamides is 1. The zero-order valence-electron chi connectivity index (χ0n) is 12.2. The summed E-state index contributed by atoms with van der Waals surface area (Å²) in [5.74, 6) is -0.418. The maximum absolute atomic E-state index is 12.0. The van der Waals surface area contributed by atoms with Crippen LogP contribution in [0, 0.1) is 0 Å². The van der Waals surface area contributed by atoms with E-state index in [4.69, 9.17) is 0 Å². The largest absolute Gasteiger partial charge is 0.355 e. The predicted octanol–water partition coefficient (Wildman–Crippen LogP) is -0.197. The lowest BCUT2D eigenvalue weighted by atomic mass is 10.2. The molecule has 0 spiro atoms. The lowest BCUT2D eigenvalue weighted by molar-refractivity contribution is -0.118. The number of carbonyl (C=O) groups excluding carboxylic acids is 2. The molecule has 2 N–H and O–H groups in total. The highest BCUT2D eigenvalue weighted by atomic mass is 32.2. The van der Waals surface area contributed by atoms with E-state index in [9.17, 15) is 18.0 Å². The maximum atomic E-state index is 12.0. The Morgan fingerprint density at radius 1 is 1.10 bits per heavy atom. The molecule has 0 aliphatic heterocycles. The molecule has 0 bridgehead atoms. The van der Waals surface area contributed by atoms with Crippen molar-refractivity contribution in [2.24, 2.45) is 0 Å². The van der Waals surface area contributed by atoms with Crippen LogP contribution in [0.3, 0.4) is 0 Å². The van der Waals surface area contributed by atoms with Crippen molar-refractivity contribution in [3.05, 3.63) is 29.8 Å². The highest BCUT2D eigenvalue weighted by Gasteiger charge is 2.15. The molecule has 0 heterocycles. The topological polar surface area (TPSA) is 95.6 Å². The second-order valence-corrected chi connectivity index (χ2v) is 6.37. The summed E-state index contributed by atoms with van der Waals surface area (Å²) < 4.78 is 26.3.